The highest BCUT2D eigenvalue weighted by Gasteiger charge is 2.20. The van der Waals surface area contributed by atoms with Gasteiger partial charge in [0.05, 0.1) is 4.90 Å². The fourth-order valence-corrected chi connectivity index (χ4v) is 2.79. The van der Waals surface area contributed by atoms with Gasteiger partial charge in [-0.2, -0.15) is 0 Å². The Morgan fingerprint density at radius 2 is 1.74 bits per heavy atom. The zero-order valence-electron chi connectivity index (χ0n) is 10.8. The molecular weight excluding hydrogens is 266 g/mol. The van der Waals surface area contributed by atoms with Gasteiger partial charge in [-0.3, -0.25) is 4.79 Å². The van der Waals surface area contributed by atoms with E-state index in [1.165, 1.54) is 18.7 Å². The minimum Gasteiger partial charge on any atom is -0.356 e. The molecule has 0 aliphatic carbocycles. The molecule has 1 fully saturated rings. The second-order valence-corrected chi connectivity index (χ2v) is 6.42. The number of hydrogen-bond acceptors (Lipinski definition) is 3. The van der Waals surface area contributed by atoms with Crippen LogP contribution in [0.4, 0.5) is 0 Å². The number of H-pyrrole nitrogens is 1. The van der Waals surface area contributed by atoms with E-state index in [9.17, 15) is 13.2 Å². The molecule has 0 bridgehead atoms. The maximum absolute atomic E-state index is 12.3. The van der Waals surface area contributed by atoms with Crippen molar-refractivity contribution in [3.05, 3.63) is 18.0 Å². The number of hydrogen-bond donors (Lipinski definition) is 2. The van der Waals surface area contributed by atoms with Crippen molar-refractivity contribution in [3.63, 3.8) is 0 Å². The van der Waals surface area contributed by atoms with Gasteiger partial charge in [0, 0.05) is 19.3 Å². The van der Waals surface area contributed by atoms with Gasteiger partial charge in [0.2, 0.25) is 10.0 Å². The van der Waals surface area contributed by atoms with E-state index in [1.807, 2.05) is 0 Å². The molecule has 2 heterocycles. The van der Waals surface area contributed by atoms with E-state index in [1.54, 1.807) is 4.90 Å². The average molecular weight is 285 g/mol. The molecule has 0 aromatic carbocycles. The molecule has 0 saturated carbocycles. The lowest BCUT2D eigenvalue weighted by molar-refractivity contribution is 0.0737. The smallest absolute Gasteiger partial charge is 0.270 e. The van der Waals surface area contributed by atoms with Crippen LogP contribution in [-0.2, 0) is 10.0 Å². The van der Waals surface area contributed by atoms with Gasteiger partial charge < -0.3 is 9.88 Å². The first-order valence-corrected chi connectivity index (χ1v) is 8.03. The molecule has 1 saturated heterocycles. The molecule has 1 aliphatic heterocycles. The van der Waals surface area contributed by atoms with Gasteiger partial charge in [-0.05, 0) is 18.9 Å². The standard InChI is InChI=1S/C12H19N3O3S/c13-19(17,18)10-8-11(14-9-10)12(16)15-6-4-2-1-3-5-7-15/h8-9,14H,1-7H2,(H2,13,17,18). The highest BCUT2D eigenvalue weighted by atomic mass is 32.2. The SMILES string of the molecule is NS(=O)(=O)c1c[nH]c(C(=O)N2CCCCCCC2)c1. The summed E-state index contributed by atoms with van der Waals surface area (Å²) in [4.78, 5) is 16.7. The van der Waals surface area contributed by atoms with E-state index < -0.39 is 10.0 Å². The molecule has 1 aromatic rings. The third-order valence-corrected chi connectivity index (χ3v) is 4.25. The molecule has 1 aliphatic rings. The normalized spacial score (nSPS) is 17.8. The van der Waals surface area contributed by atoms with Crippen molar-refractivity contribution in [1.82, 2.24) is 9.88 Å². The van der Waals surface area contributed by atoms with Crippen molar-refractivity contribution in [1.29, 1.82) is 0 Å². The lowest BCUT2D eigenvalue weighted by atomic mass is 10.1. The number of likely N-dealkylation sites (tertiary alicyclic amines) is 1. The highest BCUT2D eigenvalue weighted by Crippen LogP contribution is 2.15. The lowest BCUT2D eigenvalue weighted by Crippen LogP contribution is -2.34. The van der Waals surface area contributed by atoms with Crippen LogP contribution in [0, 0.1) is 0 Å². The van der Waals surface area contributed by atoms with Crippen LogP contribution in [0.1, 0.15) is 42.6 Å². The molecule has 7 heteroatoms. The van der Waals surface area contributed by atoms with Crippen molar-refractivity contribution < 1.29 is 13.2 Å². The fraction of sp³-hybridized carbons (Fsp3) is 0.583. The minimum atomic E-state index is -3.76. The number of carbonyl (C=O) groups is 1. The number of aromatic amines is 1. The van der Waals surface area contributed by atoms with Crippen LogP contribution in [0.3, 0.4) is 0 Å². The Kier molecular flexibility index (Phi) is 4.26. The summed E-state index contributed by atoms with van der Waals surface area (Å²) in [5.74, 6) is -0.156. The van der Waals surface area contributed by atoms with Crippen LogP contribution in [-0.4, -0.2) is 37.3 Å². The number of primary sulfonamides is 1. The van der Waals surface area contributed by atoms with Crippen molar-refractivity contribution in [2.24, 2.45) is 5.14 Å². The zero-order valence-corrected chi connectivity index (χ0v) is 11.6. The Bertz CT molecular complexity index is 542. The minimum absolute atomic E-state index is 0.0529. The van der Waals surface area contributed by atoms with E-state index in [0.29, 0.717) is 0 Å². The predicted octanol–water partition coefficient (Wildman–Crippen LogP) is 1.07. The summed E-state index contributed by atoms with van der Waals surface area (Å²) in [6, 6.07) is 1.30. The molecule has 3 N–H and O–H groups in total. The number of amides is 1. The molecule has 0 unspecified atom stereocenters. The quantitative estimate of drug-likeness (QED) is 0.850. The van der Waals surface area contributed by atoms with Crippen LogP contribution in [0.25, 0.3) is 0 Å². The van der Waals surface area contributed by atoms with Gasteiger partial charge in [0.25, 0.3) is 5.91 Å². The predicted molar refractivity (Wildman–Crippen MR) is 71.2 cm³/mol. The summed E-state index contributed by atoms with van der Waals surface area (Å²) >= 11 is 0. The van der Waals surface area contributed by atoms with Crippen LogP contribution in [0.2, 0.25) is 0 Å². The van der Waals surface area contributed by atoms with Crippen LogP contribution in [0.5, 0.6) is 0 Å². The van der Waals surface area contributed by atoms with Crippen molar-refractivity contribution in [3.8, 4) is 0 Å². The molecule has 6 nitrogen and oxygen atoms in total. The summed E-state index contributed by atoms with van der Waals surface area (Å²) in [7, 11) is -3.76. The number of nitrogens with two attached hydrogens (primary N) is 1. The second-order valence-electron chi connectivity index (χ2n) is 4.85. The molecule has 19 heavy (non-hydrogen) atoms. The summed E-state index contributed by atoms with van der Waals surface area (Å²) < 4.78 is 22.4. The Morgan fingerprint density at radius 3 is 2.26 bits per heavy atom. The van der Waals surface area contributed by atoms with Crippen LogP contribution in [0.15, 0.2) is 17.2 Å². The Labute approximate surface area is 113 Å². The summed E-state index contributed by atoms with van der Waals surface area (Å²) in [6.07, 6.45) is 6.74. The van der Waals surface area contributed by atoms with Gasteiger partial charge >= 0.3 is 0 Å². The Balaban J connectivity index is 2.12. The number of nitrogens with zero attached hydrogens (tertiary/aromatic N) is 1. The third kappa shape index (κ3) is 3.57. The first kappa shape index (κ1) is 14.1. The number of sulfonamides is 1. The third-order valence-electron chi connectivity index (χ3n) is 3.36. The Hall–Kier alpha value is -1.34. The second kappa shape index (κ2) is 5.75. The van der Waals surface area contributed by atoms with E-state index >= 15 is 0 Å². The van der Waals surface area contributed by atoms with Gasteiger partial charge in [0.1, 0.15) is 5.69 Å². The van der Waals surface area contributed by atoms with E-state index in [0.717, 1.165) is 38.8 Å². The Morgan fingerprint density at radius 1 is 1.16 bits per heavy atom. The van der Waals surface area contributed by atoms with E-state index in [4.69, 9.17) is 5.14 Å². The topological polar surface area (TPSA) is 96.3 Å². The van der Waals surface area contributed by atoms with Gasteiger partial charge in [0.15, 0.2) is 0 Å². The summed E-state index contributed by atoms with van der Waals surface area (Å²) in [5, 5.41) is 5.02. The van der Waals surface area contributed by atoms with Crippen molar-refractivity contribution >= 4 is 15.9 Å². The molecule has 106 valence electrons. The van der Waals surface area contributed by atoms with E-state index in [-0.39, 0.29) is 16.5 Å². The molecule has 0 radical (unpaired) electrons. The van der Waals surface area contributed by atoms with E-state index in [2.05, 4.69) is 4.98 Å². The van der Waals surface area contributed by atoms with Crippen molar-refractivity contribution in [2.45, 2.75) is 37.0 Å². The monoisotopic (exact) mass is 285 g/mol. The number of aromatic nitrogens is 1. The molecular formula is C12H19N3O3S. The highest BCUT2D eigenvalue weighted by molar-refractivity contribution is 7.89. The fourth-order valence-electron chi connectivity index (χ4n) is 2.28. The van der Waals surface area contributed by atoms with Gasteiger partial charge in [-0.25, -0.2) is 13.6 Å². The average Bonchev–Trinajstić information content (AvgIpc) is 2.76. The van der Waals surface area contributed by atoms with Gasteiger partial charge in [-0.15, -0.1) is 0 Å². The number of nitrogens with one attached hydrogen (secondary N) is 1. The lowest BCUT2D eigenvalue weighted by Gasteiger charge is -2.24. The van der Waals surface area contributed by atoms with Gasteiger partial charge in [-0.1, -0.05) is 19.3 Å². The maximum atomic E-state index is 12.3. The summed E-state index contributed by atoms with van der Waals surface area (Å²) in [5.41, 5.74) is 0.282. The van der Waals surface area contributed by atoms with Crippen LogP contribution >= 0.6 is 0 Å². The first-order valence-electron chi connectivity index (χ1n) is 6.49. The maximum Gasteiger partial charge on any atom is 0.270 e. The zero-order chi connectivity index (χ0) is 13.9. The summed E-state index contributed by atoms with van der Waals surface area (Å²) in [6.45, 7) is 1.45. The van der Waals surface area contributed by atoms with Crippen LogP contribution < -0.4 is 5.14 Å². The molecule has 2 rings (SSSR count). The molecule has 0 spiro atoms. The molecule has 1 amide bonds. The van der Waals surface area contributed by atoms with Crippen molar-refractivity contribution in [2.75, 3.05) is 13.1 Å². The number of rotatable bonds is 2. The largest absolute Gasteiger partial charge is 0.356 e. The first-order chi connectivity index (χ1) is 8.98. The molecule has 0 atom stereocenters. The number of carbonyl (C=O) groups excluding carboxylic acids is 1. The molecule has 1 aromatic heterocycles.